The number of nitrogens with zero attached hydrogens (tertiary/aromatic N) is 1. The Morgan fingerprint density at radius 3 is 2.31 bits per heavy atom. The molecule has 0 spiro atoms. The van der Waals surface area contributed by atoms with E-state index in [1.54, 1.807) is 58.9 Å². The molecular weight excluding hydrogens is 374 g/mol. The van der Waals surface area contributed by atoms with Crippen LogP contribution in [0.1, 0.15) is 45.0 Å². The lowest BCUT2D eigenvalue weighted by atomic mass is 9.90. The average Bonchev–Trinajstić information content (AvgIpc) is 2.69. The van der Waals surface area contributed by atoms with E-state index in [4.69, 9.17) is 9.47 Å². The van der Waals surface area contributed by atoms with Crippen molar-refractivity contribution in [3.8, 4) is 11.8 Å². The van der Waals surface area contributed by atoms with Gasteiger partial charge in [-0.2, -0.15) is 5.26 Å². The SMILES string of the molecule is COc1ccccc1C(=O)N[C@H](C(=O)OCC(=O)N[C@](C)(C#N)C(C)C)C(C)C. The molecule has 0 aliphatic carbocycles. The van der Waals surface area contributed by atoms with E-state index in [0.717, 1.165) is 0 Å². The summed E-state index contributed by atoms with van der Waals surface area (Å²) >= 11 is 0. The van der Waals surface area contributed by atoms with Crippen LogP contribution in [-0.4, -0.2) is 43.1 Å². The minimum absolute atomic E-state index is 0.129. The highest BCUT2D eigenvalue weighted by Gasteiger charge is 2.31. The Bertz CT molecular complexity index is 785. The van der Waals surface area contributed by atoms with Gasteiger partial charge in [-0.25, -0.2) is 4.79 Å². The molecule has 0 unspecified atom stereocenters. The highest BCUT2D eigenvalue weighted by atomic mass is 16.5. The van der Waals surface area contributed by atoms with Gasteiger partial charge in [-0.15, -0.1) is 0 Å². The highest BCUT2D eigenvalue weighted by Crippen LogP contribution is 2.18. The monoisotopic (exact) mass is 403 g/mol. The van der Waals surface area contributed by atoms with Crippen LogP contribution in [0.4, 0.5) is 0 Å². The molecule has 8 heteroatoms. The van der Waals surface area contributed by atoms with Crippen molar-refractivity contribution in [3.63, 3.8) is 0 Å². The van der Waals surface area contributed by atoms with E-state index in [1.165, 1.54) is 7.11 Å². The molecule has 2 amide bonds. The molecular formula is C21H29N3O5. The van der Waals surface area contributed by atoms with Crippen LogP contribution in [0.15, 0.2) is 24.3 Å². The third-order valence-corrected chi connectivity index (χ3v) is 4.69. The Morgan fingerprint density at radius 2 is 1.79 bits per heavy atom. The van der Waals surface area contributed by atoms with Crippen molar-refractivity contribution in [1.29, 1.82) is 5.26 Å². The van der Waals surface area contributed by atoms with Crippen molar-refractivity contribution in [3.05, 3.63) is 29.8 Å². The van der Waals surface area contributed by atoms with Crippen molar-refractivity contribution < 1.29 is 23.9 Å². The fraction of sp³-hybridized carbons (Fsp3) is 0.524. The van der Waals surface area contributed by atoms with Crippen LogP contribution in [-0.2, 0) is 14.3 Å². The van der Waals surface area contributed by atoms with Crippen molar-refractivity contribution in [2.75, 3.05) is 13.7 Å². The second kappa shape index (κ2) is 10.5. The molecule has 0 aliphatic heterocycles. The summed E-state index contributed by atoms with van der Waals surface area (Å²) in [6.07, 6.45) is 0. The third kappa shape index (κ3) is 6.49. The van der Waals surface area contributed by atoms with E-state index >= 15 is 0 Å². The first kappa shape index (κ1) is 24.0. The first-order valence-electron chi connectivity index (χ1n) is 9.38. The van der Waals surface area contributed by atoms with E-state index in [9.17, 15) is 19.6 Å². The smallest absolute Gasteiger partial charge is 0.329 e. The summed E-state index contributed by atoms with van der Waals surface area (Å²) in [4.78, 5) is 37.1. The average molecular weight is 403 g/mol. The number of benzene rings is 1. The zero-order chi connectivity index (χ0) is 22.2. The molecule has 0 fully saturated rings. The van der Waals surface area contributed by atoms with Gasteiger partial charge in [-0.1, -0.05) is 39.8 Å². The predicted molar refractivity (Wildman–Crippen MR) is 107 cm³/mol. The highest BCUT2D eigenvalue weighted by molar-refractivity contribution is 5.99. The van der Waals surface area contributed by atoms with Crippen LogP contribution >= 0.6 is 0 Å². The van der Waals surface area contributed by atoms with Crippen LogP contribution in [0.2, 0.25) is 0 Å². The lowest BCUT2D eigenvalue weighted by Crippen LogP contribution is -2.51. The molecule has 2 atom stereocenters. The van der Waals surface area contributed by atoms with Crippen molar-refractivity contribution >= 4 is 17.8 Å². The molecule has 0 radical (unpaired) electrons. The van der Waals surface area contributed by atoms with Crippen LogP contribution in [0.3, 0.4) is 0 Å². The maximum absolute atomic E-state index is 12.6. The molecule has 1 aromatic rings. The summed E-state index contributed by atoms with van der Waals surface area (Å²) in [5.41, 5.74) is -0.785. The number of para-hydroxylation sites is 1. The van der Waals surface area contributed by atoms with Gasteiger partial charge in [0.15, 0.2) is 6.61 Å². The zero-order valence-corrected chi connectivity index (χ0v) is 17.7. The van der Waals surface area contributed by atoms with Crippen molar-refractivity contribution in [2.24, 2.45) is 11.8 Å². The standard InChI is InChI=1S/C21H29N3O5/c1-13(2)18(23-19(26)15-9-7-8-10-16(15)28-6)20(27)29-11-17(25)24-21(5,12-22)14(3)4/h7-10,13-14,18H,11H2,1-6H3,(H,23,26)(H,24,25)/t18-,21+/m0/s1. The van der Waals surface area contributed by atoms with E-state index in [-0.39, 0.29) is 17.4 Å². The van der Waals surface area contributed by atoms with Gasteiger partial charge in [-0.05, 0) is 30.9 Å². The summed E-state index contributed by atoms with van der Waals surface area (Å²) < 4.78 is 10.3. The van der Waals surface area contributed by atoms with Crippen LogP contribution in [0.5, 0.6) is 5.75 Å². The fourth-order valence-electron chi connectivity index (χ4n) is 2.40. The predicted octanol–water partition coefficient (Wildman–Crippen LogP) is 2.05. The number of carbonyl (C=O) groups excluding carboxylic acids is 3. The number of carbonyl (C=O) groups is 3. The summed E-state index contributed by atoms with van der Waals surface area (Å²) in [7, 11) is 1.45. The molecule has 0 aliphatic rings. The number of esters is 1. The van der Waals surface area contributed by atoms with Gasteiger partial charge in [-0.3, -0.25) is 9.59 Å². The van der Waals surface area contributed by atoms with Crippen LogP contribution in [0.25, 0.3) is 0 Å². The normalized spacial score (nSPS) is 13.8. The van der Waals surface area contributed by atoms with Gasteiger partial charge in [0, 0.05) is 0 Å². The second-order valence-corrected chi connectivity index (χ2v) is 7.52. The molecule has 0 bridgehead atoms. The minimum atomic E-state index is -1.07. The number of hydrogen-bond acceptors (Lipinski definition) is 6. The Hall–Kier alpha value is -3.08. The molecule has 8 nitrogen and oxygen atoms in total. The van der Waals surface area contributed by atoms with E-state index < -0.39 is 36.0 Å². The van der Waals surface area contributed by atoms with Crippen molar-refractivity contribution in [2.45, 2.75) is 46.2 Å². The Kier molecular flexibility index (Phi) is 8.64. The lowest BCUT2D eigenvalue weighted by molar-refractivity contribution is -0.151. The third-order valence-electron chi connectivity index (χ3n) is 4.69. The van der Waals surface area contributed by atoms with Gasteiger partial charge in [0.2, 0.25) is 0 Å². The molecule has 158 valence electrons. The maximum Gasteiger partial charge on any atom is 0.329 e. The van der Waals surface area contributed by atoms with E-state index in [1.807, 2.05) is 0 Å². The molecule has 29 heavy (non-hydrogen) atoms. The first-order chi connectivity index (χ1) is 13.6. The van der Waals surface area contributed by atoms with Gasteiger partial charge < -0.3 is 20.1 Å². The minimum Gasteiger partial charge on any atom is -0.496 e. The zero-order valence-electron chi connectivity index (χ0n) is 17.7. The summed E-state index contributed by atoms with van der Waals surface area (Å²) in [5, 5.41) is 14.5. The number of methoxy groups -OCH3 is 1. The summed E-state index contributed by atoms with van der Waals surface area (Å²) in [6, 6.07) is 7.74. The number of ether oxygens (including phenoxy) is 2. The Labute approximate surface area is 171 Å². The first-order valence-corrected chi connectivity index (χ1v) is 9.38. The Balaban J connectivity index is 2.77. The lowest BCUT2D eigenvalue weighted by Gasteiger charge is -2.27. The number of rotatable bonds is 9. The molecule has 1 rings (SSSR count). The molecule has 0 aromatic heterocycles. The van der Waals surface area contributed by atoms with Gasteiger partial charge >= 0.3 is 5.97 Å². The molecule has 2 N–H and O–H groups in total. The molecule has 0 saturated heterocycles. The van der Waals surface area contributed by atoms with E-state index in [2.05, 4.69) is 16.7 Å². The number of nitrogens with one attached hydrogen (secondary N) is 2. The number of nitriles is 1. The fourth-order valence-corrected chi connectivity index (χ4v) is 2.40. The second-order valence-electron chi connectivity index (χ2n) is 7.52. The van der Waals surface area contributed by atoms with Gasteiger partial charge in [0.05, 0.1) is 18.7 Å². The van der Waals surface area contributed by atoms with Gasteiger partial charge in [0.1, 0.15) is 17.3 Å². The number of hydrogen-bond donors (Lipinski definition) is 2. The molecule has 1 aromatic carbocycles. The van der Waals surface area contributed by atoms with Crippen LogP contribution < -0.4 is 15.4 Å². The quantitative estimate of drug-likeness (QED) is 0.609. The molecule has 0 heterocycles. The largest absolute Gasteiger partial charge is 0.496 e. The summed E-state index contributed by atoms with van der Waals surface area (Å²) in [5.74, 6) is -1.83. The summed E-state index contributed by atoms with van der Waals surface area (Å²) in [6.45, 7) is 8.16. The van der Waals surface area contributed by atoms with E-state index in [0.29, 0.717) is 5.75 Å². The topological polar surface area (TPSA) is 118 Å². The Morgan fingerprint density at radius 1 is 1.17 bits per heavy atom. The van der Waals surface area contributed by atoms with Gasteiger partial charge in [0.25, 0.3) is 11.8 Å². The maximum atomic E-state index is 12.6. The molecule has 0 saturated carbocycles. The number of amides is 2. The van der Waals surface area contributed by atoms with Crippen LogP contribution in [0, 0.1) is 23.2 Å². The van der Waals surface area contributed by atoms with Crippen molar-refractivity contribution in [1.82, 2.24) is 10.6 Å².